The van der Waals surface area contributed by atoms with Crippen molar-refractivity contribution in [2.75, 3.05) is 12.4 Å². The van der Waals surface area contributed by atoms with Crippen LogP contribution in [0.3, 0.4) is 0 Å². The number of anilines is 1. The molecule has 3 aromatic rings. The van der Waals surface area contributed by atoms with Crippen LogP contribution >= 0.6 is 27.3 Å². The number of nitrogens with one attached hydrogen (secondary N) is 2. The summed E-state index contributed by atoms with van der Waals surface area (Å²) in [5.74, 6) is 1.35. The third-order valence-electron chi connectivity index (χ3n) is 2.97. The standard InChI is InChI=1S/C14H12BrN3O2S/c1-20-11-6-8(2-3-9(11)15)16-7-12-17-10-4-5-21-13(10)14(19)18-12/h2-6,16H,7H2,1H3,(H,17,18,19). The van der Waals surface area contributed by atoms with Gasteiger partial charge in [0.1, 0.15) is 16.3 Å². The molecule has 0 aliphatic rings. The molecule has 2 N–H and O–H groups in total. The van der Waals surface area contributed by atoms with Crippen LogP contribution in [-0.2, 0) is 6.54 Å². The van der Waals surface area contributed by atoms with Crippen molar-refractivity contribution in [1.82, 2.24) is 9.97 Å². The smallest absolute Gasteiger partial charge is 0.268 e. The number of nitrogens with zero attached hydrogens (tertiary/aromatic N) is 1. The first-order valence-corrected chi connectivity index (χ1v) is 7.88. The Labute approximate surface area is 133 Å². The van der Waals surface area contributed by atoms with Gasteiger partial charge in [0.25, 0.3) is 5.56 Å². The fourth-order valence-electron chi connectivity index (χ4n) is 1.96. The topological polar surface area (TPSA) is 67.0 Å². The first-order chi connectivity index (χ1) is 10.2. The van der Waals surface area contributed by atoms with Gasteiger partial charge >= 0.3 is 0 Å². The number of benzene rings is 1. The Morgan fingerprint density at radius 2 is 2.29 bits per heavy atom. The molecular formula is C14H12BrN3O2S. The zero-order chi connectivity index (χ0) is 14.8. The predicted molar refractivity (Wildman–Crippen MR) is 88.3 cm³/mol. The van der Waals surface area contributed by atoms with Crippen molar-refractivity contribution >= 4 is 43.2 Å². The number of aromatic nitrogens is 2. The number of aromatic amines is 1. The van der Waals surface area contributed by atoms with E-state index in [2.05, 4.69) is 31.2 Å². The molecule has 0 amide bonds. The Morgan fingerprint density at radius 1 is 1.43 bits per heavy atom. The predicted octanol–water partition coefficient (Wildman–Crippen LogP) is 3.37. The quantitative estimate of drug-likeness (QED) is 0.743. The van der Waals surface area contributed by atoms with Crippen LogP contribution in [0.4, 0.5) is 5.69 Å². The van der Waals surface area contributed by atoms with E-state index in [0.717, 1.165) is 21.4 Å². The average molecular weight is 366 g/mol. The van der Waals surface area contributed by atoms with Crippen LogP contribution in [0.25, 0.3) is 10.2 Å². The molecule has 2 heterocycles. The summed E-state index contributed by atoms with van der Waals surface area (Å²) in [6.45, 7) is 0.436. The van der Waals surface area contributed by atoms with Gasteiger partial charge in [0, 0.05) is 11.8 Å². The second kappa shape index (κ2) is 5.87. The molecule has 21 heavy (non-hydrogen) atoms. The number of thiophene rings is 1. The molecule has 0 aliphatic carbocycles. The summed E-state index contributed by atoms with van der Waals surface area (Å²) in [5, 5.41) is 5.08. The molecule has 0 saturated heterocycles. The summed E-state index contributed by atoms with van der Waals surface area (Å²) in [6, 6.07) is 7.56. The lowest BCUT2D eigenvalue weighted by molar-refractivity contribution is 0.412. The zero-order valence-electron chi connectivity index (χ0n) is 11.1. The minimum atomic E-state index is -0.0970. The molecule has 0 aliphatic heterocycles. The van der Waals surface area contributed by atoms with Gasteiger partial charge in [0.15, 0.2) is 0 Å². The maximum Gasteiger partial charge on any atom is 0.268 e. The first-order valence-electron chi connectivity index (χ1n) is 6.21. The molecule has 7 heteroatoms. The van der Waals surface area contributed by atoms with Gasteiger partial charge in [-0.05, 0) is 39.5 Å². The van der Waals surface area contributed by atoms with Gasteiger partial charge in [-0.15, -0.1) is 11.3 Å². The van der Waals surface area contributed by atoms with Crippen LogP contribution < -0.4 is 15.6 Å². The number of methoxy groups -OCH3 is 1. The number of fused-ring (bicyclic) bond motifs is 1. The molecule has 2 aromatic heterocycles. The van der Waals surface area contributed by atoms with Gasteiger partial charge in [0.2, 0.25) is 0 Å². The molecule has 108 valence electrons. The van der Waals surface area contributed by atoms with Gasteiger partial charge in [-0.2, -0.15) is 0 Å². The van der Waals surface area contributed by atoms with Crippen LogP contribution in [0.5, 0.6) is 5.75 Å². The summed E-state index contributed by atoms with van der Waals surface area (Å²) in [6.07, 6.45) is 0. The lowest BCUT2D eigenvalue weighted by atomic mass is 10.3. The summed E-state index contributed by atoms with van der Waals surface area (Å²) in [4.78, 5) is 19.1. The van der Waals surface area contributed by atoms with Crippen LogP contribution in [0.15, 0.2) is 38.9 Å². The molecule has 0 radical (unpaired) electrons. The molecular weight excluding hydrogens is 354 g/mol. The van der Waals surface area contributed by atoms with E-state index in [0.29, 0.717) is 17.1 Å². The molecule has 0 fully saturated rings. The Kier molecular flexibility index (Phi) is 3.94. The number of hydrogen-bond acceptors (Lipinski definition) is 5. The normalized spacial score (nSPS) is 10.8. The van der Waals surface area contributed by atoms with Gasteiger partial charge in [0.05, 0.1) is 23.6 Å². The molecule has 0 spiro atoms. The highest BCUT2D eigenvalue weighted by molar-refractivity contribution is 9.10. The van der Waals surface area contributed by atoms with Crippen molar-refractivity contribution in [3.8, 4) is 5.75 Å². The second-order valence-electron chi connectivity index (χ2n) is 4.35. The highest BCUT2D eigenvalue weighted by Crippen LogP contribution is 2.27. The minimum absolute atomic E-state index is 0.0970. The highest BCUT2D eigenvalue weighted by atomic mass is 79.9. The summed E-state index contributed by atoms with van der Waals surface area (Å²) >= 11 is 4.80. The summed E-state index contributed by atoms with van der Waals surface area (Å²) < 4.78 is 6.79. The molecule has 1 aromatic carbocycles. The fraction of sp³-hybridized carbons (Fsp3) is 0.143. The zero-order valence-corrected chi connectivity index (χ0v) is 13.5. The third-order valence-corrected chi connectivity index (χ3v) is 4.53. The van der Waals surface area contributed by atoms with Crippen molar-refractivity contribution in [3.05, 3.63) is 50.3 Å². The maximum atomic E-state index is 11.9. The van der Waals surface area contributed by atoms with E-state index in [-0.39, 0.29) is 5.56 Å². The highest BCUT2D eigenvalue weighted by Gasteiger charge is 2.06. The number of H-pyrrole nitrogens is 1. The minimum Gasteiger partial charge on any atom is -0.495 e. The van der Waals surface area contributed by atoms with Crippen LogP contribution in [0.1, 0.15) is 5.82 Å². The lowest BCUT2D eigenvalue weighted by Gasteiger charge is -2.09. The van der Waals surface area contributed by atoms with Gasteiger partial charge in [-0.3, -0.25) is 4.79 Å². The van der Waals surface area contributed by atoms with E-state index in [1.54, 1.807) is 7.11 Å². The van der Waals surface area contributed by atoms with Crippen molar-refractivity contribution in [2.45, 2.75) is 6.54 Å². The molecule has 0 saturated carbocycles. The van der Waals surface area contributed by atoms with E-state index in [4.69, 9.17) is 4.74 Å². The average Bonchev–Trinajstić information content (AvgIpc) is 2.95. The van der Waals surface area contributed by atoms with Crippen molar-refractivity contribution in [3.63, 3.8) is 0 Å². The number of halogens is 1. The van der Waals surface area contributed by atoms with Crippen molar-refractivity contribution < 1.29 is 4.74 Å². The summed E-state index contributed by atoms with van der Waals surface area (Å²) in [7, 11) is 1.62. The molecule has 5 nitrogen and oxygen atoms in total. The van der Waals surface area contributed by atoms with E-state index >= 15 is 0 Å². The molecule has 0 bridgehead atoms. The van der Waals surface area contributed by atoms with Gasteiger partial charge < -0.3 is 15.0 Å². The van der Waals surface area contributed by atoms with E-state index in [1.807, 2.05) is 29.6 Å². The monoisotopic (exact) mass is 365 g/mol. The number of ether oxygens (including phenoxy) is 1. The van der Waals surface area contributed by atoms with Crippen molar-refractivity contribution in [2.24, 2.45) is 0 Å². The van der Waals surface area contributed by atoms with E-state index in [9.17, 15) is 4.79 Å². The molecule has 3 rings (SSSR count). The largest absolute Gasteiger partial charge is 0.495 e. The Balaban J connectivity index is 1.81. The van der Waals surface area contributed by atoms with Crippen LogP contribution in [0, 0.1) is 0 Å². The van der Waals surface area contributed by atoms with Gasteiger partial charge in [-0.1, -0.05) is 0 Å². The third kappa shape index (κ3) is 2.93. The number of hydrogen-bond donors (Lipinski definition) is 2. The molecule has 0 atom stereocenters. The summed E-state index contributed by atoms with van der Waals surface area (Å²) in [5.41, 5.74) is 1.53. The Bertz CT molecular complexity index is 844. The molecule has 0 unspecified atom stereocenters. The van der Waals surface area contributed by atoms with Gasteiger partial charge in [-0.25, -0.2) is 4.98 Å². The lowest BCUT2D eigenvalue weighted by Crippen LogP contribution is -2.13. The Hall–Kier alpha value is -1.86. The maximum absolute atomic E-state index is 11.9. The Morgan fingerprint density at radius 3 is 3.10 bits per heavy atom. The van der Waals surface area contributed by atoms with E-state index in [1.165, 1.54) is 11.3 Å². The number of rotatable bonds is 4. The van der Waals surface area contributed by atoms with E-state index < -0.39 is 0 Å². The van der Waals surface area contributed by atoms with Crippen LogP contribution in [0.2, 0.25) is 0 Å². The van der Waals surface area contributed by atoms with Crippen molar-refractivity contribution in [1.29, 1.82) is 0 Å². The fourth-order valence-corrected chi connectivity index (χ4v) is 3.09. The van der Waals surface area contributed by atoms with Crippen LogP contribution in [-0.4, -0.2) is 17.1 Å². The first kappa shape index (κ1) is 14.1. The SMILES string of the molecule is COc1cc(NCc2nc3ccsc3c(=O)[nH]2)ccc1Br. The second-order valence-corrected chi connectivity index (χ2v) is 6.12.